The fourth-order valence-electron chi connectivity index (χ4n) is 1.01. The van der Waals surface area contributed by atoms with Crippen LogP contribution in [-0.4, -0.2) is 16.6 Å². The van der Waals surface area contributed by atoms with Gasteiger partial charge in [0.05, 0.1) is 15.5 Å². The molecule has 16 heavy (non-hydrogen) atoms. The zero-order valence-corrected chi connectivity index (χ0v) is 10.8. The molecular formula is C10H10BrClN2O2. The average molecular weight is 306 g/mol. The van der Waals surface area contributed by atoms with Crippen LogP contribution in [0.25, 0.3) is 0 Å². The van der Waals surface area contributed by atoms with Gasteiger partial charge in [0.2, 0.25) is 11.8 Å². The molecule has 0 spiro atoms. The normalized spacial score (nSPS) is 11.9. The van der Waals surface area contributed by atoms with Crippen molar-refractivity contribution in [1.29, 1.82) is 0 Å². The van der Waals surface area contributed by atoms with Gasteiger partial charge in [-0.25, -0.2) is 0 Å². The second-order valence-corrected chi connectivity index (χ2v) is 4.94. The van der Waals surface area contributed by atoms with Gasteiger partial charge in [-0.1, -0.05) is 27.5 Å². The number of benzene rings is 1. The summed E-state index contributed by atoms with van der Waals surface area (Å²) in [7, 11) is 0. The van der Waals surface area contributed by atoms with E-state index in [0.29, 0.717) is 16.3 Å². The van der Waals surface area contributed by atoms with Crippen LogP contribution in [0.3, 0.4) is 0 Å². The summed E-state index contributed by atoms with van der Waals surface area (Å²) in [6.07, 6.45) is 0. The van der Waals surface area contributed by atoms with E-state index < -0.39 is 5.91 Å². The molecule has 2 amide bonds. The van der Waals surface area contributed by atoms with Crippen LogP contribution in [0, 0.1) is 0 Å². The molecule has 1 aromatic rings. The number of anilines is 1. The number of alkyl halides is 1. The quantitative estimate of drug-likeness (QED) is 0.840. The molecule has 0 aromatic heterocycles. The third kappa shape index (κ3) is 3.21. The third-order valence-electron chi connectivity index (χ3n) is 1.87. The van der Waals surface area contributed by atoms with Crippen LogP contribution in [0.15, 0.2) is 18.2 Å². The smallest absolute Gasteiger partial charge is 0.248 e. The minimum Gasteiger partial charge on any atom is -0.366 e. The Bertz CT molecular complexity index is 435. The summed E-state index contributed by atoms with van der Waals surface area (Å²) in [6.45, 7) is 1.68. The molecule has 0 saturated carbocycles. The van der Waals surface area contributed by atoms with Crippen LogP contribution < -0.4 is 11.1 Å². The third-order valence-corrected chi connectivity index (χ3v) is 2.62. The van der Waals surface area contributed by atoms with Gasteiger partial charge in [0, 0.05) is 5.56 Å². The van der Waals surface area contributed by atoms with E-state index in [2.05, 4.69) is 21.2 Å². The van der Waals surface area contributed by atoms with Crippen LogP contribution >= 0.6 is 27.5 Å². The fraction of sp³-hybridized carbons (Fsp3) is 0.200. The molecule has 6 heteroatoms. The summed E-state index contributed by atoms with van der Waals surface area (Å²) in [5, 5.41) is 2.93. The molecule has 1 rings (SSSR count). The Hall–Kier alpha value is -1.07. The number of nitrogens with one attached hydrogen (secondary N) is 1. The second-order valence-electron chi connectivity index (χ2n) is 3.16. The van der Waals surface area contributed by atoms with Gasteiger partial charge in [-0.05, 0) is 25.1 Å². The van der Waals surface area contributed by atoms with Crippen molar-refractivity contribution in [2.24, 2.45) is 5.73 Å². The van der Waals surface area contributed by atoms with Crippen molar-refractivity contribution >= 4 is 45.0 Å². The molecule has 0 bridgehead atoms. The van der Waals surface area contributed by atoms with Gasteiger partial charge in [-0.15, -0.1) is 0 Å². The van der Waals surface area contributed by atoms with E-state index in [1.807, 2.05) is 0 Å². The Labute approximate surface area is 106 Å². The summed E-state index contributed by atoms with van der Waals surface area (Å²) in [6, 6.07) is 4.45. The molecule has 0 aliphatic heterocycles. The average Bonchev–Trinajstić information content (AvgIpc) is 2.20. The lowest BCUT2D eigenvalue weighted by molar-refractivity contribution is -0.115. The molecular weight excluding hydrogens is 295 g/mol. The molecule has 0 saturated heterocycles. The van der Waals surface area contributed by atoms with Gasteiger partial charge in [-0.3, -0.25) is 9.59 Å². The lowest BCUT2D eigenvalue weighted by atomic mass is 10.2. The molecule has 0 heterocycles. The molecule has 86 valence electrons. The molecule has 1 unspecified atom stereocenters. The minimum atomic E-state index is -0.570. The number of primary amides is 1. The van der Waals surface area contributed by atoms with Gasteiger partial charge in [-0.2, -0.15) is 0 Å². The Kier molecular flexibility index (Phi) is 4.32. The van der Waals surface area contributed by atoms with Crippen LogP contribution in [0.5, 0.6) is 0 Å². The van der Waals surface area contributed by atoms with Crippen molar-refractivity contribution in [1.82, 2.24) is 0 Å². The van der Waals surface area contributed by atoms with Crippen molar-refractivity contribution in [2.75, 3.05) is 5.32 Å². The van der Waals surface area contributed by atoms with Gasteiger partial charge in [0.15, 0.2) is 0 Å². The summed E-state index contributed by atoms with van der Waals surface area (Å²) >= 11 is 8.99. The van der Waals surface area contributed by atoms with Crippen molar-refractivity contribution in [3.8, 4) is 0 Å². The summed E-state index contributed by atoms with van der Waals surface area (Å²) in [5.74, 6) is -0.817. The zero-order chi connectivity index (χ0) is 12.3. The second kappa shape index (κ2) is 5.32. The minimum absolute atomic E-state index is 0.247. The number of carbonyl (C=O) groups excluding carboxylic acids is 2. The van der Waals surface area contributed by atoms with Gasteiger partial charge in [0.25, 0.3) is 0 Å². The number of amides is 2. The highest BCUT2D eigenvalue weighted by atomic mass is 79.9. The molecule has 4 nitrogen and oxygen atoms in total. The van der Waals surface area contributed by atoms with Crippen molar-refractivity contribution in [3.63, 3.8) is 0 Å². The topological polar surface area (TPSA) is 72.2 Å². The number of carbonyl (C=O) groups is 2. The number of halogens is 2. The van der Waals surface area contributed by atoms with E-state index in [0.717, 1.165) is 0 Å². The first-order valence-electron chi connectivity index (χ1n) is 4.46. The standard InChI is InChI=1S/C10H10BrClN2O2/c1-5(11)10(16)14-8-4-6(9(13)15)2-3-7(8)12/h2-5H,1H3,(H2,13,15)(H,14,16). The van der Waals surface area contributed by atoms with Crippen LogP contribution in [0.1, 0.15) is 17.3 Å². The maximum Gasteiger partial charge on any atom is 0.248 e. The Morgan fingerprint density at radius 2 is 2.12 bits per heavy atom. The van der Waals surface area contributed by atoms with Crippen molar-refractivity contribution in [2.45, 2.75) is 11.8 Å². The molecule has 1 aromatic carbocycles. The maximum absolute atomic E-state index is 11.4. The lowest BCUT2D eigenvalue weighted by Crippen LogP contribution is -2.20. The largest absolute Gasteiger partial charge is 0.366 e. The van der Waals surface area contributed by atoms with Crippen molar-refractivity contribution < 1.29 is 9.59 Å². The SMILES string of the molecule is CC(Br)C(=O)Nc1cc(C(N)=O)ccc1Cl. The molecule has 0 aliphatic rings. The molecule has 1 atom stereocenters. The Morgan fingerprint density at radius 1 is 1.50 bits per heavy atom. The maximum atomic E-state index is 11.4. The lowest BCUT2D eigenvalue weighted by Gasteiger charge is -2.09. The number of hydrogen-bond acceptors (Lipinski definition) is 2. The first kappa shape index (κ1) is 13.0. The van der Waals surface area contributed by atoms with Gasteiger partial charge in [0.1, 0.15) is 0 Å². The van der Waals surface area contributed by atoms with Crippen LogP contribution in [0.2, 0.25) is 5.02 Å². The fourth-order valence-corrected chi connectivity index (χ4v) is 1.29. The summed E-state index contributed by atoms with van der Waals surface area (Å²) in [5.41, 5.74) is 5.78. The predicted molar refractivity (Wildman–Crippen MR) is 67.0 cm³/mol. The van der Waals surface area contributed by atoms with Crippen LogP contribution in [-0.2, 0) is 4.79 Å². The van der Waals surface area contributed by atoms with Gasteiger partial charge < -0.3 is 11.1 Å². The Balaban J connectivity index is 2.99. The molecule has 0 fully saturated rings. The van der Waals surface area contributed by atoms with E-state index >= 15 is 0 Å². The van der Waals surface area contributed by atoms with Crippen LogP contribution in [0.4, 0.5) is 5.69 Å². The first-order chi connectivity index (χ1) is 7.41. The number of rotatable bonds is 3. The highest BCUT2D eigenvalue weighted by Gasteiger charge is 2.12. The number of nitrogens with two attached hydrogens (primary N) is 1. The van der Waals surface area contributed by atoms with Crippen molar-refractivity contribution in [3.05, 3.63) is 28.8 Å². The van der Waals surface area contributed by atoms with E-state index in [1.54, 1.807) is 6.92 Å². The van der Waals surface area contributed by atoms with E-state index in [-0.39, 0.29) is 10.7 Å². The van der Waals surface area contributed by atoms with E-state index in [4.69, 9.17) is 17.3 Å². The molecule has 0 radical (unpaired) electrons. The summed E-state index contributed by atoms with van der Waals surface area (Å²) in [4.78, 5) is 22.0. The number of hydrogen-bond donors (Lipinski definition) is 2. The summed E-state index contributed by atoms with van der Waals surface area (Å²) < 4.78 is 0. The van der Waals surface area contributed by atoms with E-state index in [9.17, 15) is 9.59 Å². The van der Waals surface area contributed by atoms with Gasteiger partial charge >= 0.3 is 0 Å². The molecule has 3 N–H and O–H groups in total. The highest BCUT2D eigenvalue weighted by Crippen LogP contribution is 2.23. The molecule has 0 aliphatic carbocycles. The predicted octanol–water partition coefficient (Wildman–Crippen LogP) is 2.16. The zero-order valence-electron chi connectivity index (χ0n) is 8.46. The monoisotopic (exact) mass is 304 g/mol. The van der Waals surface area contributed by atoms with E-state index in [1.165, 1.54) is 18.2 Å². The Morgan fingerprint density at radius 3 is 2.62 bits per heavy atom. The first-order valence-corrected chi connectivity index (χ1v) is 5.75. The highest BCUT2D eigenvalue weighted by molar-refractivity contribution is 9.10.